The maximum Gasteiger partial charge on any atom is 0.335 e. The van der Waals surface area contributed by atoms with E-state index < -0.39 is 21.9 Å². The first-order valence-electron chi connectivity index (χ1n) is 5.78. The number of sulfonamides is 1. The molecule has 0 fully saturated rings. The van der Waals surface area contributed by atoms with E-state index in [1.165, 1.54) is 25.1 Å². The van der Waals surface area contributed by atoms with Crippen molar-refractivity contribution < 1.29 is 23.1 Å². The summed E-state index contributed by atoms with van der Waals surface area (Å²) in [4.78, 5) is 23.2. The van der Waals surface area contributed by atoms with E-state index in [0.29, 0.717) is 5.56 Å². The lowest BCUT2D eigenvalue weighted by molar-refractivity contribution is 0.0695. The van der Waals surface area contributed by atoms with Crippen LogP contribution in [0.15, 0.2) is 18.2 Å². The van der Waals surface area contributed by atoms with Crippen LogP contribution < -0.4 is 0 Å². The predicted octanol–water partition coefficient (Wildman–Crippen LogP) is 0.733. The zero-order valence-electron chi connectivity index (χ0n) is 10.3. The summed E-state index contributed by atoms with van der Waals surface area (Å²) in [6.45, 7) is 1.46. The second kappa shape index (κ2) is 4.65. The van der Waals surface area contributed by atoms with Gasteiger partial charge >= 0.3 is 5.97 Å². The van der Waals surface area contributed by atoms with Gasteiger partial charge in [0, 0.05) is 12.1 Å². The van der Waals surface area contributed by atoms with E-state index in [-0.39, 0.29) is 29.8 Å². The summed E-state index contributed by atoms with van der Waals surface area (Å²) in [5, 5.41) is 9.06. The zero-order valence-corrected chi connectivity index (χ0v) is 11.1. The van der Waals surface area contributed by atoms with Gasteiger partial charge in [0.2, 0.25) is 10.0 Å². The van der Waals surface area contributed by atoms with Gasteiger partial charge in [-0.1, -0.05) is 6.07 Å². The fourth-order valence-corrected chi connectivity index (χ4v) is 3.16. The average Bonchev–Trinajstić information content (AvgIpc) is 2.38. The van der Waals surface area contributed by atoms with E-state index in [0.717, 1.165) is 4.31 Å². The van der Waals surface area contributed by atoms with Crippen molar-refractivity contribution in [3.63, 3.8) is 0 Å². The second-order valence-electron chi connectivity index (χ2n) is 4.16. The van der Waals surface area contributed by atoms with Gasteiger partial charge in [0.25, 0.3) is 5.91 Å². The Bertz CT molecular complexity index is 650. The van der Waals surface area contributed by atoms with Gasteiger partial charge in [-0.15, -0.1) is 0 Å². The number of carbonyl (C=O) groups excluding carboxylic acids is 1. The largest absolute Gasteiger partial charge is 0.478 e. The van der Waals surface area contributed by atoms with Gasteiger partial charge in [0.05, 0.1) is 11.3 Å². The van der Waals surface area contributed by atoms with Crippen LogP contribution >= 0.6 is 0 Å². The number of carbonyl (C=O) groups is 2. The van der Waals surface area contributed by atoms with Crippen LogP contribution in [0.3, 0.4) is 0 Å². The molecule has 0 bridgehead atoms. The Hall–Kier alpha value is -1.89. The molecule has 1 N–H and O–H groups in total. The van der Waals surface area contributed by atoms with Crippen molar-refractivity contribution >= 4 is 21.9 Å². The Morgan fingerprint density at radius 3 is 2.68 bits per heavy atom. The Morgan fingerprint density at radius 2 is 2.11 bits per heavy atom. The quantitative estimate of drug-likeness (QED) is 0.883. The molecule has 0 unspecified atom stereocenters. The molecule has 102 valence electrons. The van der Waals surface area contributed by atoms with Gasteiger partial charge < -0.3 is 5.11 Å². The summed E-state index contributed by atoms with van der Waals surface area (Å²) in [5.74, 6) is -1.92. The maximum atomic E-state index is 12.2. The molecular weight excluding hydrogens is 270 g/mol. The first-order valence-corrected chi connectivity index (χ1v) is 7.39. The monoisotopic (exact) mass is 283 g/mol. The van der Waals surface area contributed by atoms with Crippen LogP contribution in [-0.4, -0.2) is 42.0 Å². The summed E-state index contributed by atoms with van der Waals surface area (Å²) in [6.07, 6.45) is 0.225. The van der Waals surface area contributed by atoms with E-state index in [2.05, 4.69) is 0 Å². The number of rotatable bonds is 3. The standard InChI is InChI=1S/C12H13NO5S/c1-2-19(17,18)13-7-6-8-9(11(13)14)4-3-5-10(8)12(15)16/h3-5H,2,6-7H2,1H3,(H,15,16). The van der Waals surface area contributed by atoms with Crippen LogP contribution in [0.4, 0.5) is 0 Å². The summed E-state index contributed by atoms with van der Waals surface area (Å²) in [5.41, 5.74) is 0.616. The molecule has 1 aliphatic rings. The zero-order chi connectivity index (χ0) is 14.2. The van der Waals surface area contributed by atoms with Crippen LogP contribution in [0.1, 0.15) is 33.2 Å². The lowest BCUT2D eigenvalue weighted by Crippen LogP contribution is -2.43. The summed E-state index contributed by atoms with van der Waals surface area (Å²) < 4.78 is 24.4. The van der Waals surface area contributed by atoms with E-state index in [1.807, 2.05) is 0 Å². The van der Waals surface area contributed by atoms with E-state index in [1.54, 1.807) is 0 Å². The van der Waals surface area contributed by atoms with Crippen molar-refractivity contribution in [2.45, 2.75) is 13.3 Å². The number of nitrogens with zero attached hydrogens (tertiary/aromatic N) is 1. The van der Waals surface area contributed by atoms with Crippen molar-refractivity contribution in [1.82, 2.24) is 4.31 Å². The molecule has 1 heterocycles. The third-order valence-electron chi connectivity index (χ3n) is 3.13. The third kappa shape index (κ3) is 2.21. The molecule has 2 rings (SSSR count). The third-order valence-corrected chi connectivity index (χ3v) is 4.88. The molecular formula is C12H13NO5S. The highest BCUT2D eigenvalue weighted by atomic mass is 32.2. The van der Waals surface area contributed by atoms with E-state index in [9.17, 15) is 18.0 Å². The molecule has 0 aromatic heterocycles. The number of aromatic carboxylic acids is 1. The van der Waals surface area contributed by atoms with Crippen LogP contribution in [0.5, 0.6) is 0 Å². The Kier molecular flexibility index (Phi) is 3.32. The second-order valence-corrected chi connectivity index (χ2v) is 6.35. The van der Waals surface area contributed by atoms with Gasteiger partial charge in [-0.3, -0.25) is 4.79 Å². The van der Waals surface area contributed by atoms with Crippen molar-refractivity contribution in [2.24, 2.45) is 0 Å². The van der Waals surface area contributed by atoms with Crippen molar-refractivity contribution in [3.05, 3.63) is 34.9 Å². The Morgan fingerprint density at radius 1 is 1.42 bits per heavy atom. The lowest BCUT2D eigenvalue weighted by Gasteiger charge is -2.28. The number of hydrogen-bond acceptors (Lipinski definition) is 4. The van der Waals surface area contributed by atoms with Crippen molar-refractivity contribution in [3.8, 4) is 0 Å². The Labute approximate surface area is 110 Å². The molecule has 19 heavy (non-hydrogen) atoms. The number of amides is 1. The molecule has 1 aliphatic heterocycles. The molecule has 0 spiro atoms. The van der Waals surface area contributed by atoms with Gasteiger partial charge in [-0.2, -0.15) is 0 Å². The highest BCUT2D eigenvalue weighted by molar-refractivity contribution is 7.89. The molecule has 1 aromatic rings. The van der Waals surface area contributed by atoms with Crippen LogP contribution in [0.2, 0.25) is 0 Å². The minimum atomic E-state index is -3.61. The first-order chi connectivity index (χ1) is 8.88. The van der Waals surface area contributed by atoms with Crippen LogP contribution in [0.25, 0.3) is 0 Å². The highest BCUT2D eigenvalue weighted by Crippen LogP contribution is 2.24. The van der Waals surface area contributed by atoms with E-state index in [4.69, 9.17) is 5.11 Å². The summed E-state index contributed by atoms with van der Waals surface area (Å²) >= 11 is 0. The van der Waals surface area contributed by atoms with Crippen LogP contribution in [0, 0.1) is 0 Å². The average molecular weight is 283 g/mol. The molecule has 1 amide bonds. The molecule has 6 nitrogen and oxygen atoms in total. The van der Waals surface area contributed by atoms with E-state index >= 15 is 0 Å². The molecule has 0 saturated carbocycles. The fraction of sp³-hybridized carbons (Fsp3) is 0.333. The minimum Gasteiger partial charge on any atom is -0.478 e. The molecule has 7 heteroatoms. The fourth-order valence-electron chi connectivity index (χ4n) is 2.13. The molecule has 0 saturated heterocycles. The number of carboxylic acid groups (broad SMARTS) is 1. The van der Waals surface area contributed by atoms with Crippen LogP contribution in [-0.2, 0) is 16.4 Å². The predicted molar refractivity (Wildman–Crippen MR) is 67.6 cm³/mol. The normalized spacial score (nSPS) is 15.2. The number of hydrogen-bond donors (Lipinski definition) is 1. The van der Waals surface area contributed by atoms with Gasteiger partial charge in [-0.25, -0.2) is 17.5 Å². The number of fused-ring (bicyclic) bond motifs is 1. The molecule has 0 atom stereocenters. The summed E-state index contributed by atoms with van der Waals surface area (Å²) in [6, 6.07) is 4.32. The number of benzene rings is 1. The molecule has 0 radical (unpaired) electrons. The van der Waals surface area contributed by atoms with Gasteiger partial charge in [0.1, 0.15) is 0 Å². The topological polar surface area (TPSA) is 91.8 Å². The van der Waals surface area contributed by atoms with Crippen molar-refractivity contribution in [1.29, 1.82) is 0 Å². The molecule has 1 aromatic carbocycles. The Balaban J connectivity index is 2.52. The lowest BCUT2D eigenvalue weighted by atomic mass is 9.95. The van der Waals surface area contributed by atoms with Crippen molar-refractivity contribution in [2.75, 3.05) is 12.3 Å². The SMILES string of the molecule is CCS(=O)(=O)N1CCc2c(C(=O)O)cccc2C1=O. The summed E-state index contributed by atoms with van der Waals surface area (Å²) in [7, 11) is -3.61. The highest BCUT2D eigenvalue weighted by Gasteiger charge is 2.33. The first kappa shape index (κ1) is 13.5. The minimum absolute atomic E-state index is 0.00764. The smallest absolute Gasteiger partial charge is 0.335 e. The molecule has 0 aliphatic carbocycles. The number of carboxylic acids is 1. The van der Waals surface area contributed by atoms with Gasteiger partial charge in [-0.05, 0) is 31.0 Å². The van der Waals surface area contributed by atoms with Gasteiger partial charge in [0.15, 0.2) is 0 Å². The maximum absolute atomic E-state index is 12.2.